The van der Waals surface area contributed by atoms with Crippen LogP contribution in [0.25, 0.3) is 0 Å². The lowest BCUT2D eigenvalue weighted by Gasteiger charge is -2.04. The van der Waals surface area contributed by atoms with Gasteiger partial charge in [0.1, 0.15) is 5.82 Å². The van der Waals surface area contributed by atoms with E-state index in [9.17, 15) is 9.18 Å². The predicted molar refractivity (Wildman–Crippen MR) is 68.9 cm³/mol. The third kappa shape index (κ3) is 4.47. The smallest absolute Gasteiger partial charge is 0.333 e. The zero-order chi connectivity index (χ0) is 13.5. The largest absolute Gasteiger partial charge is 0.466 e. The Bertz CT molecular complexity index is 460. The Kier molecular flexibility index (Phi) is 5.82. The molecule has 3 nitrogen and oxygen atoms in total. The molecule has 0 saturated carbocycles. The number of benzene rings is 1. The lowest BCUT2D eigenvalue weighted by molar-refractivity contribution is -0.136. The minimum absolute atomic E-state index is 0.107. The topological polar surface area (TPSA) is 38.3 Å². The van der Waals surface area contributed by atoms with Gasteiger partial charge >= 0.3 is 5.97 Å². The van der Waals surface area contributed by atoms with Gasteiger partial charge in [-0.3, -0.25) is 0 Å². The van der Waals surface area contributed by atoms with Gasteiger partial charge in [0.25, 0.3) is 0 Å². The monoisotopic (exact) mass is 271 g/mol. The summed E-state index contributed by atoms with van der Waals surface area (Å²) in [7, 11) is 1.34. The molecule has 0 spiro atoms. The zero-order valence-electron chi connectivity index (χ0n) is 10.3. The van der Waals surface area contributed by atoms with Crippen LogP contribution in [0, 0.1) is 5.82 Å². The van der Waals surface area contributed by atoms with Gasteiger partial charge < -0.3 is 10.1 Å². The summed E-state index contributed by atoms with van der Waals surface area (Å²) in [4.78, 5) is 11.1. The van der Waals surface area contributed by atoms with E-state index in [1.807, 2.05) is 0 Å². The van der Waals surface area contributed by atoms with Crippen LogP contribution in [0.3, 0.4) is 0 Å². The highest BCUT2D eigenvalue weighted by atomic mass is 35.5. The summed E-state index contributed by atoms with van der Waals surface area (Å²) in [5, 5.41) is 3.20. The summed E-state index contributed by atoms with van der Waals surface area (Å²) in [5.41, 5.74) is 1.42. The van der Waals surface area contributed by atoms with Crippen LogP contribution in [-0.2, 0) is 16.1 Å². The average Bonchev–Trinajstić information content (AvgIpc) is 2.37. The number of methoxy groups -OCH3 is 1. The Morgan fingerprint density at radius 2 is 2.28 bits per heavy atom. The number of hydrogen-bond acceptors (Lipinski definition) is 3. The van der Waals surface area contributed by atoms with Crippen molar-refractivity contribution in [2.75, 3.05) is 13.7 Å². The van der Waals surface area contributed by atoms with E-state index in [4.69, 9.17) is 11.6 Å². The Morgan fingerprint density at radius 3 is 2.89 bits per heavy atom. The molecule has 18 heavy (non-hydrogen) atoms. The van der Waals surface area contributed by atoms with E-state index in [2.05, 4.69) is 10.1 Å². The summed E-state index contributed by atoms with van der Waals surface area (Å²) in [6.45, 7) is 2.75. The number of hydrogen-bond donors (Lipinski definition) is 1. The lowest BCUT2D eigenvalue weighted by atomic mass is 10.2. The van der Waals surface area contributed by atoms with E-state index in [1.54, 1.807) is 25.1 Å². The summed E-state index contributed by atoms with van der Waals surface area (Å²) in [5.74, 6) is -0.775. The molecule has 1 aromatic carbocycles. The molecular weight excluding hydrogens is 257 g/mol. The molecule has 0 radical (unpaired) electrons. The van der Waals surface area contributed by atoms with Gasteiger partial charge in [-0.1, -0.05) is 23.7 Å². The molecule has 0 aliphatic heterocycles. The minimum atomic E-state index is -0.429. The van der Waals surface area contributed by atoms with Crippen LogP contribution < -0.4 is 5.32 Å². The molecule has 98 valence electrons. The molecule has 1 aromatic rings. The second-order valence-electron chi connectivity index (χ2n) is 3.76. The van der Waals surface area contributed by atoms with Gasteiger partial charge in [0.15, 0.2) is 0 Å². The number of nitrogens with one attached hydrogen (secondary N) is 1. The van der Waals surface area contributed by atoms with Crippen LogP contribution in [0.15, 0.2) is 29.8 Å². The SMILES string of the molecule is COC(=O)/C(C)=C/CNCc1ccc(F)c(Cl)c1. The van der Waals surface area contributed by atoms with Gasteiger partial charge in [0.2, 0.25) is 0 Å². The fourth-order valence-electron chi connectivity index (χ4n) is 1.34. The van der Waals surface area contributed by atoms with Crippen molar-refractivity contribution >= 4 is 17.6 Å². The molecule has 0 aliphatic rings. The van der Waals surface area contributed by atoms with Crippen molar-refractivity contribution < 1.29 is 13.9 Å². The number of carbonyl (C=O) groups is 1. The quantitative estimate of drug-likeness (QED) is 0.508. The first-order valence-corrected chi connectivity index (χ1v) is 5.82. The van der Waals surface area contributed by atoms with E-state index in [0.29, 0.717) is 18.7 Å². The maximum absolute atomic E-state index is 12.9. The van der Waals surface area contributed by atoms with Gasteiger partial charge in [-0.25, -0.2) is 9.18 Å². The van der Waals surface area contributed by atoms with Crippen LogP contribution in [0.1, 0.15) is 12.5 Å². The highest BCUT2D eigenvalue weighted by Crippen LogP contribution is 2.15. The maximum Gasteiger partial charge on any atom is 0.333 e. The molecule has 0 atom stereocenters. The molecule has 5 heteroatoms. The molecule has 0 heterocycles. The second kappa shape index (κ2) is 7.13. The van der Waals surface area contributed by atoms with Crippen LogP contribution in [0.2, 0.25) is 5.02 Å². The highest BCUT2D eigenvalue weighted by molar-refractivity contribution is 6.30. The number of carbonyl (C=O) groups excluding carboxylic acids is 1. The van der Waals surface area contributed by atoms with Gasteiger partial charge in [-0.2, -0.15) is 0 Å². The van der Waals surface area contributed by atoms with Crippen LogP contribution in [-0.4, -0.2) is 19.6 Å². The first-order valence-electron chi connectivity index (χ1n) is 5.44. The number of ether oxygens (including phenoxy) is 1. The first-order chi connectivity index (χ1) is 8.54. The van der Waals surface area contributed by atoms with Crippen molar-refractivity contribution in [3.05, 3.63) is 46.3 Å². The lowest BCUT2D eigenvalue weighted by Crippen LogP contribution is -2.14. The van der Waals surface area contributed by atoms with Crippen molar-refractivity contribution in [3.63, 3.8) is 0 Å². The van der Waals surface area contributed by atoms with Crippen LogP contribution in [0.4, 0.5) is 4.39 Å². The zero-order valence-corrected chi connectivity index (χ0v) is 11.1. The Balaban J connectivity index is 2.42. The Hall–Kier alpha value is -1.39. The van der Waals surface area contributed by atoms with Crippen LogP contribution in [0.5, 0.6) is 0 Å². The second-order valence-corrected chi connectivity index (χ2v) is 4.17. The van der Waals surface area contributed by atoms with Gasteiger partial charge in [-0.05, 0) is 24.6 Å². The van der Waals surface area contributed by atoms with E-state index in [-0.39, 0.29) is 11.0 Å². The van der Waals surface area contributed by atoms with E-state index in [0.717, 1.165) is 5.56 Å². The first kappa shape index (κ1) is 14.7. The van der Waals surface area contributed by atoms with Gasteiger partial charge in [0.05, 0.1) is 12.1 Å². The molecule has 0 bridgehead atoms. The van der Waals surface area contributed by atoms with Crippen molar-refractivity contribution in [1.82, 2.24) is 5.32 Å². The number of rotatable bonds is 5. The molecule has 1 rings (SSSR count). The standard InChI is InChI=1S/C13H15ClFNO2/c1-9(13(17)18-2)5-6-16-8-10-3-4-12(15)11(14)7-10/h3-5,7,16H,6,8H2,1-2H3/b9-5+. The third-order valence-corrected chi connectivity index (χ3v) is 2.66. The van der Waals surface area contributed by atoms with Crippen molar-refractivity contribution in [3.8, 4) is 0 Å². The molecule has 0 aromatic heterocycles. The van der Waals surface area contributed by atoms with Gasteiger partial charge in [0, 0.05) is 18.7 Å². The number of halogens is 2. The number of esters is 1. The van der Waals surface area contributed by atoms with Crippen molar-refractivity contribution in [1.29, 1.82) is 0 Å². The predicted octanol–water partition coefficient (Wildman–Crippen LogP) is 2.69. The fraction of sp³-hybridized carbons (Fsp3) is 0.308. The summed E-state index contributed by atoms with van der Waals surface area (Å²) >= 11 is 5.66. The average molecular weight is 272 g/mol. The maximum atomic E-state index is 12.9. The van der Waals surface area contributed by atoms with Crippen LogP contribution >= 0.6 is 11.6 Å². The normalized spacial score (nSPS) is 11.4. The van der Waals surface area contributed by atoms with Gasteiger partial charge in [-0.15, -0.1) is 0 Å². The third-order valence-electron chi connectivity index (χ3n) is 2.37. The molecule has 1 N–H and O–H groups in total. The van der Waals surface area contributed by atoms with E-state index < -0.39 is 5.82 Å². The van der Waals surface area contributed by atoms with Crippen molar-refractivity contribution in [2.45, 2.75) is 13.5 Å². The molecule has 0 amide bonds. The Morgan fingerprint density at radius 1 is 1.56 bits per heavy atom. The highest BCUT2D eigenvalue weighted by Gasteiger charge is 2.02. The molecule has 0 aliphatic carbocycles. The van der Waals surface area contributed by atoms with E-state index >= 15 is 0 Å². The summed E-state index contributed by atoms with van der Waals surface area (Å²) in [6.07, 6.45) is 1.73. The minimum Gasteiger partial charge on any atom is -0.466 e. The Labute approximate surface area is 111 Å². The van der Waals surface area contributed by atoms with Crippen molar-refractivity contribution in [2.24, 2.45) is 0 Å². The molecule has 0 unspecified atom stereocenters. The molecule has 0 fully saturated rings. The molecule has 0 saturated heterocycles. The molecular formula is C13H15ClFNO2. The fourth-order valence-corrected chi connectivity index (χ4v) is 1.54. The van der Waals surface area contributed by atoms with E-state index in [1.165, 1.54) is 13.2 Å². The summed E-state index contributed by atoms with van der Waals surface area (Å²) < 4.78 is 17.5. The summed E-state index contributed by atoms with van der Waals surface area (Å²) in [6, 6.07) is 4.56.